The van der Waals surface area contributed by atoms with Crippen LogP contribution in [0.25, 0.3) is 0 Å². The van der Waals surface area contributed by atoms with Crippen molar-refractivity contribution < 1.29 is 5.11 Å². The summed E-state index contributed by atoms with van der Waals surface area (Å²) in [5.74, 6) is 0. The van der Waals surface area contributed by atoms with Crippen LogP contribution in [0.5, 0.6) is 0 Å². The molecular weight excluding hydrogens is 136 g/mol. The normalized spacial score (nSPS) is 35.6. The van der Waals surface area contributed by atoms with Gasteiger partial charge in [0, 0.05) is 5.41 Å². The topological polar surface area (TPSA) is 20.2 Å². The molecule has 1 heteroatoms. The van der Waals surface area contributed by atoms with Gasteiger partial charge in [0.2, 0.25) is 0 Å². The Balaban J connectivity index is 2.76. The van der Waals surface area contributed by atoms with E-state index in [-0.39, 0.29) is 11.5 Å². The van der Waals surface area contributed by atoms with Crippen LogP contribution in [0.15, 0.2) is 37.0 Å². The standard InChI is InChI=1S/C10H14O/c1-3-7-10(2)8-5-4-6-9(10)11/h3-6,8-9,11H,1,7H2,2H3/t9-,10+/m0/s1. The van der Waals surface area contributed by atoms with Crippen LogP contribution in [0.2, 0.25) is 0 Å². The van der Waals surface area contributed by atoms with Crippen molar-refractivity contribution in [3.8, 4) is 0 Å². The van der Waals surface area contributed by atoms with Crippen molar-refractivity contribution in [1.29, 1.82) is 0 Å². The molecule has 0 spiro atoms. The number of rotatable bonds is 2. The number of hydrogen-bond acceptors (Lipinski definition) is 1. The van der Waals surface area contributed by atoms with E-state index in [9.17, 15) is 5.11 Å². The molecule has 60 valence electrons. The van der Waals surface area contributed by atoms with Gasteiger partial charge in [-0.15, -0.1) is 6.58 Å². The predicted octanol–water partition coefficient (Wildman–Crippen LogP) is 2.06. The van der Waals surface area contributed by atoms with Crippen molar-refractivity contribution >= 4 is 0 Å². The Bertz CT molecular complexity index is 203. The van der Waals surface area contributed by atoms with Crippen LogP contribution in [0.1, 0.15) is 13.3 Å². The molecule has 0 aromatic rings. The molecule has 0 aromatic heterocycles. The maximum atomic E-state index is 9.57. The first-order valence-electron chi connectivity index (χ1n) is 3.84. The van der Waals surface area contributed by atoms with Gasteiger partial charge in [-0.2, -0.15) is 0 Å². The highest BCUT2D eigenvalue weighted by Crippen LogP contribution is 2.31. The third-order valence-corrected chi connectivity index (χ3v) is 2.14. The Morgan fingerprint density at radius 2 is 2.36 bits per heavy atom. The Morgan fingerprint density at radius 1 is 1.64 bits per heavy atom. The van der Waals surface area contributed by atoms with Gasteiger partial charge in [-0.05, 0) is 6.42 Å². The molecule has 0 fully saturated rings. The van der Waals surface area contributed by atoms with Gasteiger partial charge >= 0.3 is 0 Å². The first kappa shape index (κ1) is 8.28. The Hall–Kier alpha value is -0.820. The lowest BCUT2D eigenvalue weighted by atomic mass is 9.78. The van der Waals surface area contributed by atoms with Crippen molar-refractivity contribution in [2.45, 2.75) is 19.4 Å². The summed E-state index contributed by atoms with van der Waals surface area (Å²) in [6.07, 6.45) is 9.96. The van der Waals surface area contributed by atoms with E-state index in [0.29, 0.717) is 0 Å². The van der Waals surface area contributed by atoms with Crippen LogP contribution in [-0.4, -0.2) is 11.2 Å². The second kappa shape index (κ2) is 3.05. The lowest BCUT2D eigenvalue weighted by Crippen LogP contribution is -2.29. The molecule has 11 heavy (non-hydrogen) atoms. The maximum absolute atomic E-state index is 9.57. The van der Waals surface area contributed by atoms with Gasteiger partial charge in [0.15, 0.2) is 0 Å². The minimum Gasteiger partial charge on any atom is -0.388 e. The van der Waals surface area contributed by atoms with Crippen LogP contribution in [-0.2, 0) is 0 Å². The van der Waals surface area contributed by atoms with Crippen molar-refractivity contribution in [3.63, 3.8) is 0 Å². The van der Waals surface area contributed by atoms with E-state index in [1.807, 2.05) is 37.3 Å². The fourth-order valence-corrected chi connectivity index (χ4v) is 1.26. The quantitative estimate of drug-likeness (QED) is 0.597. The van der Waals surface area contributed by atoms with Gasteiger partial charge in [0.25, 0.3) is 0 Å². The molecule has 0 aromatic carbocycles. The Kier molecular flexibility index (Phi) is 2.30. The van der Waals surface area contributed by atoms with E-state index in [2.05, 4.69) is 6.58 Å². The molecule has 0 heterocycles. The molecule has 1 nitrogen and oxygen atoms in total. The van der Waals surface area contributed by atoms with E-state index >= 15 is 0 Å². The van der Waals surface area contributed by atoms with Crippen LogP contribution in [0.4, 0.5) is 0 Å². The van der Waals surface area contributed by atoms with Crippen LogP contribution < -0.4 is 0 Å². The summed E-state index contributed by atoms with van der Waals surface area (Å²) in [5, 5.41) is 9.57. The molecule has 1 aliphatic rings. The van der Waals surface area contributed by atoms with E-state index in [4.69, 9.17) is 0 Å². The molecule has 0 radical (unpaired) electrons. The van der Waals surface area contributed by atoms with Crippen LogP contribution in [0.3, 0.4) is 0 Å². The highest BCUT2D eigenvalue weighted by molar-refractivity contribution is 5.20. The van der Waals surface area contributed by atoms with Crippen molar-refractivity contribution in [2.24, 2.45) is 5.41 Å². The first-order chi connectivity index (χ1) is 5.19. The van der Waals surface area contributed by atoms with E-state index in [1.54, 1.807) is 0 Å². The van der Waals surface area contributed by atoms with Gasteiger partial charge in [0.1, 0.15) is 0 Å². The average molecular weight is 150 g/mol. The number of allylic oxidation sites excluding steroid dienone is 3. The first-order valence-corrected chi connectivity index (χ1v) is 3.84. The van der Waals surface area contributed by atoms with Crippen molar-refractivity contribution in [2.75, 3.05) is 0 Å². The fraction of sp³-hybridized carbons (Fsp3) is 0.400. The van der Waals surface area contributed by atoms with E-state index in [0.717, 1.165) is 6.42 Å². The number of aliphatic hydroxyl groups is 1. The van der Waals surface area contributed by atoms with Gasteiger partial charge in [-0.1, -0.05) is 37.3 Å². The summed E-state index contributed by atoms with van der Waals surface area (Å²) in [4.78, 5) is 0. The fourth-order valence-electron chi connectivity index (χ4n) is 1.26. The molecule has 0 unspecified atom stereocenters. The predicted molar refractivity (Wildman–Crippen MR) is 47.2 cm³/mol. The molecule has 0 amide bonds. The molecule has 0 saturated carbocycles. The molecule has 1 N–H and O–H groups in total. The van der Waals surface area contributed by atoms with Gasteiger partial charge in [-0.25, -0.2) is 0 Å². The monoisotopic (exact) mass is 150 g/mol. The summed E-state index contributed by atoms with van der Waals surface area (Å²) in [6, 6.07) is 0. The second-order valence-electron chi connectivity index (χ2n) is 3.19. The molecule has 0 saturated heterocycles. The average Bonchev–Trinajstić information content (AvgIpc) is 1.96. The van der Waals surface area contributed by atoms with E-state index in [1.165, 1.54) is 0 Å². The lowest BCUT2D eigenvalue weighted by molar-refractivity contribution is 0.113. The minimum absolute atomic E-state index is 0.142. The summed E-state index contributed by atoms with van der Waals surface area (Å²) in [7, 11) is 0. The third-order valence-electron chi connectivity index (χ3n) is 2.14. The summed E-state index contributed by atoms with van der Waals surface area (Å²) < 4.78 is 0. The molecule has 1 rings (SSSR count). The lowest BCUT2D eigenvalue weighted by Gasteiger charge is -2.30. The van der Waals surface area contributed by atoms with Crippen LogP contribution in [0, 0.1) is 5.41 Å². The summed E-state index contributed by atoms with van der Waals surface area (Å²) >= 11 is 0. The molecule has 0 aliphatic heterocycles. The molecule has 1 aliphatic carbocycles. The van der Waals surface area contributed by atoms with E-state index < -0.39 is 0 Å². The highest BCUT2D eigenvalue weighted by atomic mass is 16.3. The molecular formula is C10H14O. The largest absolute Gasteiger partial charge is 0.388 e. The molecule has 2 atom stereocenters. The Labute approximate surface area is 67.7 Å². The maximum Gasteiger partial charge on any atom is 0.0815 e. The zero-order valence-electron chi connectivity index (χ0n) is 6.83. The summed E-state index contributed by atoms with van der Waals surface area (Å²) in [5.41, 5.74) is -0.142. The van der Waals surface area contributed by atoms with Crippen molar-refractivity contribution in [3.05, 3.63) is 37.0 Å². The second-order valence-corrected chi connectivity index (χ2v) is 3.19. The smallest absolute Gasteiger partial charge is 0.0815 e. The zero-order chi connectivity index (χ0) is 8.32. The van der Waals surface area contributed by atoms with Crippen molar-refractivity contribution in [1.82, 2.24) is 0 Å². The number of aliphatic hydroxyl groups excluding tert-OH is 1. The SMILES string of the molecule is C=CC[C@]1(C)C=CC=C[C@@H]1O. The van der Waals surface area contributed by atoms with Gasteiger partial charge < -0.3 is 5.11 Å². The Morgan fingerprint density at radius 3 is 2.91 bits per heavy atom. The van der Waals surface area contributed by atoms with Crippen LogP contribution >= 0.6 is 0 Å². The highest BCUT2D eigenvalue weighted by Gasteiger charge is 2.28. The molecule has 0 bridgehead atoms. The third kappa shape index (κ3) is 1.60. The number of hydrogen-bond donors (Lipinski definition) is 1. The van der Waals surface area contributed by atoms with Gasteiger partial charge in [-0.3, -0.25) is 0 Å². The minimum atomic E-state index is -0.370. The zero-order valence-corrected chi connectivity index (χ0v) is 6.83. The van der Waals surface area contributed by atoms with Gasteiger partial charge in [0.05, 0.1) is 6.10 Å². The summed E-state index contributed by atoms with van der Waals surface area (Å²) in [6.45, 7) is 5.69.